The molecule has 0 amide bonds. The van der Waals surface area contributed by atoms with Crippen LogP contribution in [0.15, 0.2) is 24.3 Å². The Balaban J connectivity index is -0.0000000755. The third-order valence-electron chi connectivity index (χ3n) is 1.09. The van der Waals surface area contributed by atoms with Crippen LogP contribution in [0, 0.1) is 20.0 Å². The summed E-state index contributed by atoms with van der Waals surface area (Å²) >= 11 is 0. The van der Waals surface area contributed by atoms with Crippen molar-refractivity contribution in [1.29, 1.82) is 0 Å². The second-order valence-electron chi connectivity index (χ2n) is 1.79. The van der Waals surface area contributed by atoms with Crippen LogP contribution in [0.4, 0.5) is 0 Å². The summed E-state index contributed by atoms with van der Waals surface area (Å²) in [5, 5.41) is 0. The first-order valence-corrected chi connectivity index (χ1v) is 3.37. The molecule has 0 saturated carbocycles. The van der Waals surface area contributed by atoms with Crippen LogP contribution in [0.25, 0.3) is 0 Å². The minimum Gasteiger partial charge on any atom is 0 e. The van der Waals surface area contributed by atoms with Gasteiger partial charge in [-0.05, 0) is 12.5 Å². The van der Waals surface area contributed by atoms with Crippen molar-refractivity contribution in [3.05, 3.63) is 44.3 Å². The Morgan fingerprint density at radius 3 is 1.93 bits per heavy atom. The molecule has 5 heteroatoms. The normalized spacial score (nSPS) is 10.4. The monoisotopic (exact) mass is 248 g/mol. The third-order valence-corrected chi connectivity index (χ3v) is 1.09. The molecular formula is C10H8FeO4. The van der Waals surface area contributed by atoms with E-state index in [-0.39, 0.29) is 22.9 Å². The van der Waals surface area contributed by atoms with Crippen LogP contribution >= 0.6 is 0 Å². The van der Waals surface area contributed by atoms with Crippen molar-refractivity contribution >= 4 is 5.78 Å². The van der Waals surface area contributed by atoms with Gasteiger partial charge in [-0.15, -0.1) is 0 Å². The second-order valence-corrected chi connectivity index (χ2v) is 1.79. The Bertz CT molecular complexity index is 234. The summed E-state index contributed by atoms with van der Waals surface area (Å²) in [6, 6.07) is 0. The maximum absolute atomic E-state index is 10.6. The zero-order valence-corrected chi connectivity index (χ0v) is 8.81. The molecule has 0 aromatic heterocycles. The molecule has 0 aliphatic heterocycles. The van der Waals surface area contributed by atoms with E-state index < -0.39 is 0 Å². The average molecular weight is 248 g/mol. The van der Waals surface area contributed by atoms with Crippen molar-refractivity contribution in [3.8, 4) is 0 Å². The summed E-state index contributed by atoms with van der Waals surface area (Å²) in [7, 11) is 0. The molecule has 1 aliphatic carbocycles. The van der Waals surface area contributed by atoms with Crippen LogP contribution in [0.3, 0.4) is 0 Å². The molecule has 1 rings (SSSR count). The van der Waals surface area contributed by atoms with Crippen LogP contribution in [0.5, 0.6) is 0 Å². The molecule has 0 aromatic rings. The maximum atomic E-state index is 10.6. The Kier molecular flexibility index (Phi) is 46.0. The Hall–Kier alpha value is -1.11. The van der Waals surface area contributed by atoms with Gasteiger partial charge in [-0.25, -0.2) is 0 Å². The Labute approximate surface area is 99.1 Å². The molecule has 0 spiro atoms. The fourth-order valence-corrected chi connectivity index (χ4v) is 0.647. The molecule has 1 aliphatic rings. The van der Waals surface area contributed by atoms with E-state index >= 15 is 0 Å². The van der Waals surface area contributed by atoms with Crippen molar-refractivity contribution in [2.75, 3.05) is 0 Å². The van der Waals surface area contributed by atoms with Gasteiger partial charge in [0.2, 0.25) is 0 Å². The quantitative estimate of drug-likeness (QED) is 0.362. The number of carbonyl (C=O) groups is 1. The second kappa shape index (κ2) is 29.3. The van der Waals surface area contributed by atoms with Gasteiger partial charge in [-0.3, -0.25) is 4.79 Å². The van der Waals surface area contributed by atoms with Crippen molar-refractivity contribution in [2.45, 2.75) is 12.8 Å². The molecule has 0 atom stereocenters. The van der Waals surface area contributed by atoms with Gasteiger partial charge < -0.3 is 0 Å². The van der Waals surface area contributed by atoms with E-state index in [1.807, 2.05) is 12.2 Å². The predicted octanol–water partition coefficient (Wildman–Crippen LogP) is 1.35. The summed E-state index contributed by atoms with van der Waals surface area (Å²) in [4.78, 5) is 10.6. The van der Waals surface area contributed by atoms with Crippen molar-refractivity contribution in [3.63, 3.8) is 0 Å². The summed E-state index contributed by atoms with van der Waals surface area (Å²) in [5.74, 6) is 0.231. The van der Waals surface area contributed by atoms with Gasteiger partial charge in [0, 0.05) is 23.5 Å². The molecule has 0 saturated heterocycles. The zero-order valence-electron chi connectivity index (χ0n) is 7.71. The Morgan fingerprint density at radius 1 is 1.00 bits per heavy atom. The first kappa shape index (κ1) is 23.6. The molecule has 0 bridgehead atoms. The number of ketones is 1. The molecule has 0 unspecified atom stereocenters. The third kappa shape index (κ3) is 24.6. The van der Waals surface area contributed by atoms with Gasteiger partial charge in [-0.2, -0.15) is 0 Å². The first-order valence-electron chi connectivity index (χ1n) is 3.37. The molecule has 4 nitrogen and oxygen atoms in total. The summed E-state index contributed by atoms with van der Waals surface area (Å²) in [6.07, 6.45) is 8.88. The number of carbonyl (C=O) groups excluding carboxylic acids is 1. The number of allylic oxidation sites excluding steroid dienone is 4. The molecule has 80 valence electrons. The van der Waals surface area contributed by atoms with Crippen molar-refractivity contribution in [2.24, 2.45) is 0 Å². The predicted molar refractivity (Wildman–Crippen MR) is 44.3 cm³/mol. The smallest absolute Gasteiger partial charge is 0 e. The van der Waals surface area contributed by atoms with E-state index in [1.54, 1.807) is 12.2 Å². The van der Waals surface area contributed by atoms with Crippen LogP contribution in [-0.2, 0) is 35.8 Å². The molecule has 0 aromatic carbocycles. The molecule has 0 N–H and O–H groups in total. The van der Waals surface area contributed by atoms with Gasteiger partial charge in [0.15, 0.2) is 5.78 Å². The molecular weight excluding hydrogens is 240 g/mol. The van der Waals surface area contributed by atoms with E-state index in [9.17, 15) is 4.79 Å². The number of rotatable bonds is 0. The van der Waals surface area contributed by atoms with Crippen LogP contribution in [-0.4, -0.2) is 5.78 Å². The summed E-state index contributed by atoms with van der Waals surface area (Å²) in [6.45, 7) is 13.5. The first-order chi connectivity index (χ1) is 6.89. The van der Waals surface area contributed by atoms with Gasteiger partial charge in [0.25, 0.3) is 0 Å². The van der Waals surface area contributed by atoms with Gasteiger partial charge in [-0.1, -0.05) is 18.2 Å². The van der Waals surface area contributed by atoms with E-state index in [1.165, 1.54) is 0 Å². The topological polar surface area (TPSA) is 76.8 Å². The molecule has 15 heavy (non-hydrogen) atoms. The van der Waals surface area contributed by atoms with Crippen molar-refractivity contribution < 1.29 is 35.8 Å². The number of hydrogen-bond acceptors (Lipinski definition) is 1. The van der Waals surface area contributed by atoms with Gasteiger partial charge in [0.05, 0.1) is 0 Å². The van der Waals surface area contributed by atoms with Crippen LogP contribution in [0.1, 0.15) is 12.8 Å². The molecule has 0 heterocycles. The molecule has 0 fully saturated rings. The van der Waals surface area contributed by atoms with E-state index in [2.05, 4.69) is 20.0 Å². The average Bonchev–Trinajstić information content (AvgIpc) is 2.54. The van der Waals surface area contributed by atoms with Crippen molar-refractivity contribution in [1.82, 2.24) is 0 Å². The van der Waals surface area contributed by atoms with Gasteiger partial charge >= 0.3 is 33.9 Å². The summed E-state index contributed by atoms with van der Waals surface area (Å²) in [5.41, 5.74) is 0. The van der Waals surface area contributed by atoms with E-state index in [4.69, 9.17) is 14.0 Å². The van der Waals surface area contributed by atoms with Crippen LogP contribution < -0.4 is 0 Å². The standard InChI is InChI=1S/C7H8O.3CO.Fe/c8-7-5-3-1-2-4-6-7;3*1-2;/h1-3,5H,4,6H2;;;;. The fraction of sp³-hybridized carbons (Fsp3) is 0.200. The van der Waals surface area contributed by atoms with E-state index in [0.29, 0.717) is 6.42 Å². The van der Waals surface area contributed by atoms with Gasteiger partial charge in [0.1, 0.15) is 0 Å². The minimum absolute atomic E-state index is 0. The minimum atomic E-state index is 0. The zero-order chi connectivity index (χ0) is 11.8. The van der Waals surface area contributed by atoms with Crippen LogP contribution in [0.2, 0.25) is 0 Å². The number of hydrogen-bond donors (Lipinski definition) is 0. The van der Waals surface area contributed by atoms with E-state index in [0.717, 1.165) is 6.42 Å². The Morgan fingerprint density at radius 2 is 1.47 bits per heavy atom. The molecule has 0 radical (unpaired) electrons. The maximum Gasteiger partial charge on any atom is 0 e. The SMILES string of the molecule is O=C1C=CC=CCC1.[C-]#[O+].[C-]#[O+].[C-]#[O+].[Fe]. The largest absolute Gasteiger partial charge is 0 e. The fourth-order valence-electron chi connectivity index (χ4n) is 0.647. The summed E-state index contributed by atoms with van der Waals surface area (Å²) < 4.78 is 22.5.